The van der Waals surface area contributed by atoms with E-state index in [9.17, 15) is 0 Å². The molecule has 0 aliphatic carbocycles. The van der Waals surface area contributed by atoms with Gasteiger partial charge in [0.2, 0.25) is 0 Å². The molecule has 2 rings (SSSR count). The summed E-state index contributed by atoms with van der Waals surface area (Å²) in [5.41, 5.74) is 2.70. The van der Waals surface area contributed by atoms with Gasteiger partial charge in [0.15, 0.2) is 0 Å². The molecule has 21 heavy (non-hydrogen) atoms. The first-order valence-corrected chi connectivity index (χ1v) is 8.71. The van der Waals surface area contributed by atoms with Crippen LogP contribution in [0.15, 0.2) is 18.2 Å². The molecule has 1 aromatic rings. The minimum atomic E-state index is 0.606. The summed E-state index contributed by atoms with van der Waals surface area (Å²) in [5.74, 6) is 0.679. The first-order valence-electron chi connectivity index (χ1n) is 8.33. The molecule has 0 amide bonds. The lowest BCUT2D eigenvalue weighted by molar-refractivity contribution is 0.550. The van der Waals surface area contributed by atoms with E-state index in [2.05, 4.69) is 43.1 Å². The standard InChI is InChI=1S/C18H29ClN2/c1-14(2)12-20-13-16-8-9-17(19)11-18(16)21-10-6-4-5-7-15(21)3/h8-9,11,14-15,20H,4-7,10,12-13H2,1-3H3. The fourth-order valence-electron chi connectivity index (χ4n) is 3.08. The van der Waals surface area contributed by atoms with E-state index >= 15 is 0 Å². The second-order valence-electron chi connectivity index (χ2n) is 6.69. The monoisotopic (exact) mass is 308 g/mol. The fourth-order valence-corrected chi connectivity index (χ4v) is 3.25. The smallest absolute Gasteiger partial charge is 0.0429 e. The van der Waals surface area contributed by atoms with Crippen molar-refractivity contribution >= 4 is 17.3 Å². The van der Waals surface area contributed by atoms with Crippen LogP contribution in [0.4, 0.5) is 5.69 Å². The molecule has 118 valence electrons. The van der Waals surface area contributed by atoms with Gasteiger partial charge in [-0.1, -0.05) is 44.4 Å². The lowest BCUT2D eigenvalue weighted by atomic mass is 10.1. The van der Waals surface area contributed by atoms with Crippen molar-refractivity contribution in [1.29, 1.82) is 0 Å². The highest BCUT2D eigenvalue weighted by Gasteiger charge is 2.19. The van der Waals surface area contributed by atoms with E-state index in [0.29, 0.717) is 12.0 Å². The Morgan fingerprint density at radius 3 is 2.86 bits per heavy atom. The highest BCUT2D eigenvalue weighted by atomic mass is 35.5. The quantitative estimate of drug-likeness (QED) is 0.836. The molecule has 1 N–H and O–H groups in total. The average Bonchev–Trinajstić information content (AvgIpc) is 2.64. The molecule has 0 saturated carbocycles. The van der Waals surface area contributed by atoms with Crippen LogP contribution in [0.25, 0.3) is 0 Å². The van der Waals surface area contributed by atoms with Crippen LogP contribution in [-0.4, -0.2) is 19.1 Å². The number of benzene rings is 1. The van der Waals surface area contributed by atoms with Crippen LogP contribution in [-0.2, 0) is 6.54 Å². The number of rotatable bonds is 5. The number of nitrogens with zero attached hydrogens (tertiary/aromatic N) is 1. The second kappa shape index (κ2) is 8.05. The summed E-state index contributed by atoms with van der Waals surface area (Å²) >= 11 is 6.26. The zero-order valence-corrected chi connectivity index (χ0v) is 14.4. The number of halogens is 1. The van der Waals surface area contributed by atoms with Gasteiger partial charge in [0.05, 0.1) is 0 Å². The molecule has 1 heterocycles. The summed E-state index contributed by atoms with van der Waals surface area (Å²) in [4.78, 5) is 2.56. The van der Waals surface area contributed by atoms with Crippen molar-refractivity contribution in [2.24, 2.45) is 5.92 Å². The Kier molecular flexibility index (Phi) is 6.38. The van der Waals surface area contributed by atoms with Crippen molar-refractivity contribution in [3.63, 3.8) is 0 Å². The first kappa shape index (κ1) is 16.6. The Balaban J connectivity index is 2.17. The van der Waals surface area contributed by atoms with Crippen molar-refractivity contribution in [2.75, 3.05) is 18.0 Å². The maximum Gasteiger partial charge on any atom is 0.0429 e. The third-order valence-electron chi connectivity index (χ3n) is 4.28. The van der Waals surface area contributed by atoms with Gasteiger partial charge in [0.1, 0.15) is 0 Å². The highest BCUT2D eigenvalue weighted by molar-refractivity contribution is 6.30. The summed E-state index contributed by atoms with van der Waals surface area (Å²) < 4.78 is 0. The predicted octanol–water partition coefficient (Wildman–Crippen LogP) is 4.85. The minimum Gasteiger partial charge on any atom is -0.369 e. The van der Waals surface area contributed by atoms with Crippen molar-refractivity contribution in [1.82, 2.24) is 5.32 Å². The van der Waals surface area contributed by atoms with Crippen LogP contribution in [0.3, 0.4) is 0 Å². The Labute approximate surface area is 134 Å². The molecule has 1 aliphatic rings. The molecule has 0 bridgehead atoms. The van der Waals surface area contributed by atoms with E-state index in [4.69, 9.17) is 11.6 Å². The molecular formula is C18H29ClN2. The van der Waals surface area contributed by atoms with Crippen molar-refractivity contribution in [3.8, 4) is 0 Å². The van der Waals surface area contributed by atoms with Crippen LogP contribution in [0.2, 0.25) is 5.02 Å². The molecule has 0 aromatic heterocycles. The summed E-state index contributed by atoms with van der Waals surface area (Å²) in [5, 5.41) is 4.40. The van der Waals surface area contributed by atoms with Gasteiger partial charge in [0.25, 0.3) is 0 Å². The molecule has 1 aromatic carbocycles. The molecule has 1 aliphatic heterocycles. The van der Waals surface area contributed by atoms with Crippen molar-refractivity contribution < 1.29 is 0 Å². The molecule has 1 fully saturated rings. The highest BCUT2D eigenvalue weighted by Crippen LogP contribution is 2.30. The van der Waals surface area contributed by atoms with Gasteiger partial charge < -0.3 is 10.2 Å². The minimum absolute atomic E-state index is 0.606. The normalized spacial score (nSPS) is 19.9. The maximum absolute atomic E-state index is 6.26. The van der Waals surface area contributed by atoms with Crippen LogP contribution < -0.4 is 10.2 Å². The van der Waals surface area contributed by atoms with Gasteiger partial charge in [-0.25, -0.2) is 0 Å². The molecule has 3 heteroatoms. The molecule has 2 nitrogen and oxygen atoms in total. The molecular weight excluding hydrogens is 280 g/mol. The van der Waals surface area contributed by atoms with E-state index in [-0.39, 0.29) is 0 Å². The molecule has 1 unspecified atom stereocenters. The van der Waals surface area contributed by atoms with E-state index in [1.807, 2.05) is 6.07 Å². The summed E-state index contributed by atoms with van der Waals surface area (Å²) in [6.07, 6.45) is 5.27. The molecule has 0 radical (unpaired) electrons. The van der Waals surface area contributed by atoms with Gasteiger partial charge >= 0.3 is 0 Å². The maximum atomic E-state index is 6.26. The van der Waals surface area contributed by atoms with Crippen LogP contribution in [0.1, 0.15) is 52.0 Å². The Morgan fingerprint density at radius 1 is 1.29 bits per heavy atom. The van der Waals surface area contributed by atoms with E-state index in [0.717, 1.165) is 24.7 Å². The first-order chi connectivity index (χ1) is 10.1. The Bertz CT molecular complexity index is 445. The SMILES string of the molecule is CC(C)CNCc1ccc(Cl)cc1N1CCCCCC1C. The van der Waals surface area contributed by atoms with Crippen LogP contribution >= 0.6 is 11.6 Å². The summed E-state index contributed by atoms with van der Waals surface area (Å²) in [6.45, 7) is 9.96. The lowest BCUT2D eigenvalue weighted by Gasteiger charge is -2.31. The van der Waals surface area contributed by atoms with Gasteiger partial charge in [-0.05, 0) is 49.9 Å². The van der Waals surface area contributed by atoms with Gasteiger partial charge in [0, 0.05) is 29.8 Å². The Morgan fingerprint density at radius 2 is 2.10 bits per heavy atom. The summed E-state index contributed by atoms with van der Waals surface area (Å²) in [7, 11) is 0. The van der Waals surface area contributed by atoms with Gasteiger partial charge in [-0.2, -0.15) is 0 Å². The van der Waals surface area contributed by atoms with Gasteiger partial charge in [-0.3, -0.25) is 0 Å². The third kappa shape index (κ3) is 4.89. The zero-order chi connectivity index (χ0) is 15.2. The van der Waals surface area contributed by atoms with E-state index in [1.165, 1.54) is 36.9 Å². The van der Waals surface area contributed by atoms with E-state index in [1.54, 1.807) is 0 Å². The average molecular weight is 309 g/mol. The predicted molar refractivity (Wildman–Crippen MR) is 93.3 cm³/mol. The molecule has 0 spiro atoms. The van der Waals surface area contributed by atoms with Crippen molar-refractivity contribution in [3.05, 3.63) is 28.8 Å². The lowest BCUT2D eigenvalue weighted by Crippen LogP contribution is -2.33. The zero-order valence-electron chi connectivity index (χ0n) is 13.7. The Hall–Kier alpha value is -0.730. The molecule has 1 atom stereocenters. The number of anilines is 1. The second-order valence-corrected chi connectivity index (χ2v) is 7.13. The van der Waals surface area contributed by atoms with E-state index < -0.39 is 0 Å². The van der Waals surface area contributed by atoms with Crippen molar-refractivity contribution in [2.45, 2.75) is 59.0 Å². The van der Waals surface area contributed by atoms with Crippen LogP contribution in [0.5, 0.6) is 0 Å². The number of nitrogens with one attached hydrogen (secondary N) is 1. The van der Waals surface area contributed by atoms with Crippen LogP contribution in [0, 0.1) is 5.92 Å². The third-order valence-corrected chi connectivity index (χ3v) is 4.51. The summed E-state index contributed by atoms with van der Waals surface area (Å²) in [6, 6.07) is 6.95. The van der Waals surface area contributed by atoms with Gasteiger partial charge in [-0.15, -0.1) is 0 Å². The molecule has 1 saturated heterocycles. The fraction of sp³-hybridized carbons (Fsp3) is 0.667. The topological polar surface area (TPSA) is 15.3 Å². The number of hydrogen-bond acceptors (Lipinski definition) is 2. The number of hydrogen-bond donors (Lipinski definition) is 1. The largest absolute Gasteiger partial charge is 0.369 e.